The molecule has 1 aromatic heterocycles. The van der Waals surface area contributed by atoms with E-state index in [1.165, 1.54) is 10.9 Å². The number of aliphatic hydroxyl groups excluding tert-OH is 1. The first-order valence-electron chi connectivity index (χ1n) is 6.21. The lowest BCUT2D eigenvalue weighted by Gasteiger charge is -2.21. The number of hydrogen-bond acceptors (Lipinski definition) is 4. The summed E-state index contributed by atoms with van der Waals surface area (Å²) in [5, 5.41) is 14.2. The van der Waals surface area contributed by atoms with Crippen LogP contribution in [0.1, 0.15) is 45.1 Å². The summed E-state index contributed by atoms with van der Waals surface area (Å²) >= 11 is 0. The van der Waals surface area contributed by atoms with Gasteiger partial charge in [-0.25, -0.2) is 9.18 Å². The Bertz CT molecular complexity index is 451. The van der Waals surface area contributed by atoms with Crippen molar-refractivity contribution in [3.05, 3.63) is 17.5 Å². The Balaban J connectivity index is 3.06. The Morgan fingerprint density at radius 3 is 2.63 bits per heavy atom. The van der Waals surface area contributed by atoms with Crippen molar-refractivity contribution in [3.63, 3.8) is 0 Å². The monoisotopic (exact) mass is 272 g/mol. The fraction of sp³-hybridized carbons (Fsp3) is 0.692. The van der Waals surface area contributed by atoms with Gasteiger partial charge in [0.1, 0.15) is 6.10 Å². The van der Waals surface area contributed by atoms with Gasteiger partial charge in [-0.3, -0.25) is 4.68 Å². The summed E-state index contributed by atoms with van der Waals surface area (Å²) in [7, 11) is 1.68. The predicted molar refractivity (Wildman–Crippen MR) is 68.4 cm³/mol. The van der Waals surface area contributed by atoms with Gasteiger partial charge in [0.05, 0.1) is 12.3 Å². The summed E-state index contributed by atoms with van der Waals surface area (Å²) in [6, 6.07) is 0. The van der Waals surface area contributed by atoms with Crippen LogP contribution in [-0.4, -0.2) is 33.6 Å². The van der Waals surface area contributed by atoms with Crippen molar-refractivity contribution in [2.75, 3.05) is 6.61 Å². The molecule has 0 aliphatic heterocycles. The SMILES string of the molecule is CCOC(=O)C(F)C(O)c1cn(C)nc1C(C)(C)C. The second kappa shape index (κ2) is 5.69. The van der Waals surface area contributed by atoms with E-state index in [4.69, 9.17) is 0 Å². The molecule has 0 saturated carbocycles. The molecule has 108 valence electrons. The lowest BCUT2D eigenvalue weighted by atomic mass is 9.87. The second-order valence-corrected chi connectivity index (χ2v) is 5.46. The van der Waals surface area contributed by atoms with E-state index in [-0.39, 0.29) is 12.0 Å². The predicted octanol–water partition coefficient (Wildman–Crippen LogP) is 1.65. The number of halogens is 1. The molecule has 1 heterocycles. The van der Waals surface area contributed by atoms with Gasteiger partial charge in [0.15, 0.2) is 0 Å². The van der Waals surface area contributed by atoms with Crippen molar-refractivity contribution < 1.29 is 19.0 Å². The molecule has 0 aliphatic rings. The zero-order chi connectivity index (χ0) is 14.8. The fourth-order valence-corrected chi connectivity index (χ4v) is 1.81. The van der Waals surface area contributed by atoms with Gasteiger partial charge < -0.3 is 9.84 Å². The minimum Gasteiger partial charge on any atom is -0.464 e. The molecule has 2 unspecified atom stereocenters. The number of ether oxygens (including phenoxy) is 1. The van der Waals surface area contributed by atoms with Crippen LogP contribution in [0.5, 0.6) is 0 Å². The number of aromatic nitrogens is 2. The van der Waals surface area contributed by atoms with Gasteiger partial charge in [-0.15, -0.1) is 0 Å². The highest BCUT2D eigenvalue weighted by molar-refractivity contribution is 5.75. The highest BCUT2D eigenvalue weighted by Gasteiger charge is 2.34. The van der Waals surface area contributed by atoms with Gasteiger partial charge in [-0.1, -0.05) is 20.8 Å². The van der Waals surface area contributed by atoms with Crippen molar-refractivity contribution in [1.82, 2.24) is 9.78 Å². The maximum atomic E-state index is 13.9. The molecule has 0 bridgehead atoms. The maximum absolute atomic E-state index is 13.9. The molecule has 0 radical (unpaired) electrons. The van der Waals surface area contributed by atoms with Gasteiger partial charge >= 0.3 is 5.97 Å². The van der Waals surface area contributed by atoms with E-state index in [1.54, 1.807) is 14.0 Å². The van der Waals surface area contributed by atoms with E-state index in [9.17, 15) is 14.3 Å². The number of carbonyl (C=O) groups is 1. The van der Waals surface area contributed by atoms with Gasteiger partial charge in [0, 0.05) is 24.2 Å². The molecule has 6 heteroatoms. The molecule has 0 aliphatic carbocycles. The van der Waals surface area contributed by atoms with E-state index in [0.29, 0.717) is 11.3 Å². The fourth-order valence-electron chi connectivity index (χ4n) is 1.81. The van der Waals surface area contributed by atoms with Crippen LogP contribution >= 0.6 is 0 Å². The number of rotatable bonds is 4. The molecule has 19 heavy (non-hydrogen) atoms. The van der Waals surface area contributed by atoms with Crippen LogP contribution in [0.3, 0.4) is 0 Å². The number of carbonyl (C=O) groups excluding carboxylic acids is 1. The zero-order valence-electron chi connectivity index (χ0n) is 12.0. The molecule has 2 atom stereocenters. The topological polar surface area (TPSA) is 64.3 Å². The smallest absolute Gasteiger partial charge is 0.343 e. The molecular formula is C13H21FN2O3. The Kier molecular flexibility index (Phi) is 4.68. The summed E-state index contributed by atoms with van der Waals surface area (Å²) in [5.41, 5.74) is 0.524. The zero-order valence-corrected chi connectivity index (χ0v) is 12.0. The Morgan fingerprint density at radius 2 is 2.16 bits per heavy atom. The summed E-state index contributed by atoms with van der Waals surface area (Å²) in [4.78, 5) is 11.3. The average Bonchev–Trinajstić information content (AvgIpc) is 2.69. The van der Waals surface area contributed by atoms with E-state index < -0.39 is 18.2 Å². The molecule has 0 amide bonds. The first kappa shape index (κ1) is 15.6. The summed E-state index contributed by atoms with van der Waals surface area (Å²) < 4.78 is 20.0. The Hall–Kier alpha value is -1.43. The Morgan fingerprint density at radius 1 is 1.58 bits per heavy atom. The van der Waals surface area contributed by atoms with Gasteiger partial charge in [0.25, 0.3) is 0 Å². The molecule has 0 aromatic carbocycles. The molecule has 0 spiro atoms. The molecule has 0 fully saturated rings. The quantitative estimate of drug-likeness (QED) is 0.846. The van der Waals surface area contributed by atoms with Gasteiger partial charge in [-0.05, 0) is 6.92 Å². The van der Waals surface area contributed by atoms with Crippen molar-refractivity contribution in [1.29, 1.82) is 0 Å². The first-order valence-corrected chi connectivity index (χ1v) is 6.21. The van der Waals surface area contributed by atoms with Crippen LogP contribution in [0, 0.1) is 0 Å². The van der Waals surface area contributed by atoms with Gasteiger partial charge in [0.2, 0.25) is 6.17 Å². The minimum atomic E-state index is -2.11. The standard InChI is InChI=1S/C13H21FN2O3/c1-6-19-12(18)9(14)10(17)8-7-16(5)15-11(8)13(2,3)4/h7,9-10,17H,6H2,1-5H3. The third-order valence-corrected chi connectivity index (χ3v) is 2.68. The molecule has 0 saturated heterocycles. The lowest BCUT2D eigenvalue weighted by Crippen LogP contribution is -2.28. The minimum absolute atomic E-state index is 0.0745. The van der Waals surface area contributed by atoms with Crippen LogP contribution in [0.4, 0.5) is 4.39 Å². The molecule has 1 N–H and O–H groups in total. The highest BCUT2D eigenvalue weighted by Crippen LogP contribution is 2.31. The number of esters is 1. The number of alkyl halides is 1. The van der Waals surface area contributed by atoms with E-state index in [2.05, 4.69) is 9.84 Å². The summed E-state index contributed by atoms with van der Waals surface area (Å²) in [5.74, 6) is -1.06. The Labute approximate surface area is 112 Å². The third-order valence-electron chi connectivity index (χ3n) is 2.68. The molecular weight excluding hydrogens is 251 g/mol. The lowest BCUT2D eigenvalue weighted by molar-refractivity contribution is -0.153. The number of aryl methyl sites for hydroxylation is 1. The van der Waals surface area contributed by atoms with Crippen LogP contribution < -0.4 is 0 Å². The third kappa shape index (κ3) is 3.53. The first-order chi connectivity index (χ1) is 8.68. The van der Waals surface area contributed by atoms with Crippen molar-refractivity contribution in [2.45, 2.75) is 45.4 Å². The maximum Gasteiger partial charge on any atom is 0.343 e. The van der Waals surface area contributed by atoms with Gasteiger partial charge in [-0.2, -0.15) is 5.10 Å². The average molecular weight is 272 g/mol. The summed E-state index contributed by atoms with van der Waals surface area (Å²) in [6.07, 6.45) is -2.15. The largest absolute Gasteiger partial charge is 0.464 e. The van der Waals surface area contributed by atoms with Crippen LogP contribution in [0.25, 0.3) is 0 Å². The number of hydrogen-bond donors (Lipinski definition) is 1. The molecule has 1 aromatic rings. The normalized spacial score (nSPS) is 15.1. The summed E-state index contributed by atoms with van der Waals surface area (Å²) in [6.45, 7) is 7.38. The van der Waals surface area contributed by atoms with Crippen molar-refractivity contribution in [2.24, 2.45) is 7.05 Å². The van der Waals surface area contributed by atoms with Crippen LogP contribution in [0.15, 0.2) is 6.20 Å². The second-order valence-electron chi connectivity index (χ2n) is 5.46. The van der Waals surface area contributed by atoms with E-state index in [1.807, 2.05) is 20.8 Å². The van der Waals surface area contributed by atoms with E-state index >= 15 is 0 Å². The molecule has 1 rings (SSSR count). The number of nitrogens with zero attached hydrogens (tertiary/aromatic N) is 2. The van der Waals surface area contributed by atoms with Crippen molar-refractivity contribution in [3.8, 4) is 0 Å². The van der Waals surface area contributed by atoms with Crippen LogP contribution in [0.2, 0.25) is 0 Å². The molecule has 5 nitrogen and oxygen atoms in total. The van der Waals surface area contributed by atoms with Crippen molar-refractivity contribution >= 4 is 5.97 Å². The van der Waals surface area contributed by atoms with E-state index in [0.717, 1.165) is 0 Å². The number of aliphatic hydroxyl groups is 1. The van der Waals surface area contributed by atoms with Crippen LogP contribution in [-0.2, 0) is 22.0 Å². The highest BCUT2D eigenvalue weighted by atomic mass is 19.1.